The van der Waals surface area contributed by atoms with E-state index in [9.17, 15) is 31.1 Å². The molecule has 2 aromatic rings. The van der Waals surface area contributed by atoms with Crippen molar-refractivity contribution < 1.29 is 31.1 Å². The fraction of sp³-hybridized carbons (Fsp3) is 0.640. The van der Waals surface area contributed by atoms with Crippen molar-refractivity contribution in [1.29, 1.82) is 0 Å². The summed E-state index contributed by atoms with van der Waals surface area (Å²) < 4.78 is 79.2. The Kier molecular flexibility index (Phi) is 8.31. The fourth-order valence-corrected chi connectivity index (χ4v) is 5.30. The smallest absolute Gasteiger partial charge is 0.365 e. The third-order valence-electron chi connectivity index (χ3n) is 7.35. The first-order chi connectivity index (χ1) is 18.6. The number of alkyl halides is 6. The maximum absolute atomic E-state index is 13.7. The highest BCUT2D eigenvalue weighted by Gasteiger charge is 2.40. The van der Waals surface area contributed by atoms with Crippen LogP contribution in [0, 0.1) is 13.8 Å². The summed E-state index contributed by atoms with van der Waals surface area (Å²) in [6.07, 6.45) is -6.84. The number of halogens is 6. The number of hydrogen-bond acceptors (Lipinski definition) is 7. The van der Waals surface area contributed by atoms with Gasteiger partial charge in [-0.1, -0.05) is 0 Å². The molecule has 2 amide bonds. The van der Waals surface area contributed by atoms with Gasteiger partial charge in [0.1, 0.15) is 11.6 Å². The lowest BCUT2D eigenvalue weighted by molar-refractivity contribution is -0.145. The van der Waals surface area contributed by atoms with Crippen molar-refractivity contribution in [3.63, 3.8) is 0 Å². The molecule has 0 spiro atoms. The maximum atomic E-state index is 13.7. The molecule has 0 saturated carbocycles. The van der Waals surface area contributed by atoms with Gasteiger partial charge in [-0.25, -0.2) is 24.7 Å². The van der Waals surface area contributed by atoms with Crippen molar-refractivity contribution in [3.05, 3.63) is 35.2 Å². The molecule has 2 fully saturated rings. The molecule has 4 atom stereocenters. The number of carbonyl (C=O) groups excluding carboxylic acids is 1. The number of rotatable bonds is 4. The van der Waals surface area contributed by atoms with Gasteiger partial charge < -0.3 is 20.4 Å². The van der Waals surface area contributed by atoms with E-state index in [0.717, 1.165) is 0 Å². The number of anilines is 2. The number of aromatic nitrogens is 4. The molecule has 2 aliphatic heterocycles. The standard InChI is InChI=1S/C25H32F6N8O/c1-13-11-19(36-21(32-13)24(26,27)28)34-17-7-5-9-38(15(17)3)23(40)39-10-6-8-18(16(39)4)35-20-12-14(2)33-22(37-20)25(29,30)31/h11-12,15-18H,5-10H2,1-4H3,(H,32,34,36)(H,33,35,37). The number of piperidine rings is 2. The number of likely N-dealkylation sites (tertiary alicyclic amines) is 2. The molecule has 4 rings (SSSR count). The summed E-state index contributed by atoms with van der Waals surface area (Å²) in [5, 5.41) is 6.13. The molecule has 0 aliphatic carbocycles. The second-order valence-corrected chi connectivity index (χ2v) is 10.4. The maximum Gasteiger partial charge on any atom is 0.451 e. The topological polar surface area (TPSA) is 99.2 Å². The zero-order valence-corrected chi connectivity index (χ0v) is 22.6. The molecule has 220 valence electrons. The SMILES string of the molecule is Cc1cc(NC2CCCN(C(=O)N3CCCC(Nc4cc(C)nc(C(F)(F)F)n4)C3C)C2C)nc(C(F)(F)F)n1. The van der Waals surface area contributed by atoms with Gasteiger partial charge in [0.05, 0.1) is 12.1 Å². The molecule has 0 bridgehead atoms. The molecule has 40 heavy (non-hydrogen) atoms. The van der Waals surface area contributed by atoms with Gasteiger partial charge in [-0.15, -0.1) is 0 Å². The monoisotopic (exact) mass is 574 g/mol. The van der Waals surface area contributed by atoms with E-state index in [0.29, 0.717) is 38.8 Å². The fourth-order valence-electron chi connectivity index (χ4n) is 5.30. The van der Waals surface area contributed by atoms with Gasteiger partial charge in [0, 0.05) is 48.7 Å². The van der Waals surface area contributed by atoms with E-state index in [1.54, 1.807) is 9.80 Å². The molecule has 2 saturated heterocycles. The highest BCUT2D eigenvalue weighted by Crippen LogP contribution is 2.31. The molecule has 4 unspecified atom stereocenters. The predicted molar refractivity (Wildman–Crippen MR) is 135 cm³/mol. The van der Waals surface area contributed by atoms with Crippen molar-refractivity contribution in [3.8, 4) is 0 Å². The van der Waals surface area contributed by atoms with Crippen LogP contribution in [-0.2, 0) is 12.4 Å². The van der Waals surface area contributed by atoms with E-state index in [1.165, 1.54) is 26.0 Å². The average molecular weight is 575 g/mol. The molecular weight excluding hydrogens is 542 g/mol. The molecule has 0 radical (unpaired) electrons. The zero-order valence-electron chi connectivity index (χ0n) is 22.6. The van der Waals surface area contributed by atoms with Crippen LogP contribution in [0.1, 0.15) is 62.6 Å². The minimum absolute atomic E-state index is 0.0416. The van der Waals surface area contributed by atoms with Crippen molar-refractivity contribution >= 4 is 17.7 Å². The molecule has 9 nitrogen and oxygen atoms in total. The molecule has 0 aromatic carbocycles. The first-order valence-corrected chi connectivity index (χ1v) is 13.1. The van der Waals surface area contributed by atoms with E-state index in [-0.39, 0.29) is 53.2 Å². The number of aryl methyl sites for hydroxylation is 2. The Hall–Kier alpha value is -3.39. The van der Waals surface area contributed by atoms with Crippen molar-refractivity contribution in [2.75, 3.05) is 23.7 Å². The van der Waals surface area contributed by atoms with Crippen LogP contribution < -0.4 is 10.6 Å². The van der Waals surface area contributed by atoms with Crippen molar-refractivity contribution in [2.45, 2.75) is 89.9 Å². The molecule has 2 aliphatic rings. The average Bonchev–Trinajstić information content (AvgIpc) is 2.84. The van der Waals surface area contributed by atoms with Crippen LogP contribution in [0.25, 0.3) is 0 Å². The molecular formula is C25H32F6N8O. The summed E-state index contributed by atoms with van der Waals surface area (Å²) in [4.78, 5) is 31.3. The highest BCUT2D eigenvalue weighted by atomic mass is 19.4. The minimum atomic E-state index is -4.68. The number of urea groups is 1. The lowest BCUT2D eigenvalue weighted by atomic mass is 9.95. The first kappa shape index (κ1) is 29.6. The van der Waals surface area contributed by atoms with Gasteiger partial charge in [-0.05, 0) is 53.4 Å². The summed E-state index contributed by atoms with van der Waals surface area (Å²) in [5.41, 5.74) is 0.339. The lowest BCUT2D eigenvalue weighted by Crippen LogP contribution is -2.60. The third kappa shape index (κ3) is 6.66. The van der Waals surface area contributed by atoms with Gasteiger partial charge in [0.15, 0.2) is 0 Å². The van der Waals surface area contributed by atoms with Gasteiger partial charge in [0.2, 0.25) is 11.6 Å². The van der Waals surface area contributed by atoms with Gasteiger partial charge in [0.25, 0.3) is 0 Å². The van der Waals surface area contributed by atoms with Crippen LogP contribution in [0.3, 0.4) is 0 Å². The van der Waals surface area contributed by atoms with Gasteiger partial charge in [-0.3, -0.25) is 0 Å². The Morgan fingerprint density at radius 2 is 1.12 bits per heavy atom. The normalized spacial score (nSPS) is 24.1. The van der Waals surface area contributed by atoms with E-state index in [4.69, 9.17) is 0 Å². The number of hydrogen-bond donors (Lipinski definition) is 2. The van der Waals surface area contributed by atoms with Crippen LogP contribution >= 0.6 is 0 Å². The van der Waals surface area contributed by atoms with Gasteiger partial charge >= 0.3 is 18.4 Å². The summed E-state index contributed by atoms with van der Waals surface area (Å²) in [6.45, 7) is 7.51. The van der Waals surface area contributed by atoms with Crippen LogP contribution in [0.2, 0.25) is 0 Å². The van der Waals surface area contributed by atoms with Crippen LogP contribution in [0.5, 0.6) is 0 Å². The third-order valence-corrected chi connectivity index (χ3v) is 7.35. The lowest BCUT2D eigenvalue weighted by Gasteiger charge is -2.46. The minimum Gasteiger partial charge on any atom is -0.365 e. The zero-order chi connectivity index (χ0) is 29.4. The Morgan fingerprint density at radius 3 is 1.48 bits per heavy atom. The Morgan fingerprint density at radius 1 is 0.750 bits per heavy atom. The number of nitrogens with one attached hydrogen (secondary N) is 2. The van der Waals surface area contributed by atoms with E-state index in [1.807, 2.05) is 13.8 Å². The first-order valence-electron chi connectivity index (χ1n) is 13.1. The Labute approximate surface area is 227 Å². The second kappa shape index (κ2) is 11.2. The van der Waals surface area contributed by atoms with Crippen LogP contribution in [-0.4, -0.2) is 73.0 Å². The van der Waals surface area contributed by atoms with Crippen molar-refractivity contribution in [1.82, 2.24) is 29.7 Å². The molecule has 2 aromatic heterocycles. The van der Waals surface area contributed by atoms with E-state index < -0.39 is 24.0 Å². The second-order valence-electron chi connectivity index (χ2n) is 10.4. The molecule has 4 heterocycles. The Bertz CT molecular complexity index is 1130. The number of nitrogens with zero attached hydrogens (tertiary/aromatic N) is 6. The number of carbonyl (C=O) groups is 1. The summed E-state index contributed by atoms with van der Waals surface area (Å²) in [7, 11) is 0. The molecule has 15 heteroatoms. The number of amides is 2. The largest absolute Gasteiger partial charge is 0.451 e. The summed E-state index contributed by atoms with van der Waals surface area (Å²) in [6, 6.07) is 1.24. The Balaban J connectivity index is 1.46. The highest BCUT2D eigenvalue weighted by molar-refractivity contribution is 5.76. The predicted octanol–water partition coefficient (Wildman–Crippen LogP) is 5.27. The van der Waals surface area contributed by atoms with E-state index >= 15 is 0 Å². The summed E-state index contributed by atoms with van der Waals surface area (Å²) in [5.74, 6) is -2.37. The molecule has 2 N–H and O–H groups in total. The summed E-state index contributed by atoms with van der Waals surface area (Å²) >= 11 is 0. The van der Waals surface area contributed by atoms with Gasteiger partial charge in [-0.2, -0.15) is 26.3 Å². The quantitative estimate of drug-likeness (QED) is 0.480. The van der Waals surface area contributed by atoms with Crippen LogP contribution in [0.15, 0.2) is 12.1 Å². The van der Waals surface area contributed by atoms with E-state index in [2.05, 4.69) is 30.6 Å². The van der Waals surface area contributed by atoms with Crippen LogP contribution in [0.4, 0.5) is 42.8 Å². The van der Waals surface area contributed by atoms with Crippen molar-refractivity contribution in [2.24, 2.45) is 0 Å².